The molecule has 1 saturated heterocycles. The Balaban J connectivity index is 1.56. The van der Waals surface area contributed by atoms with Gasteiger partial charge in [0.05, 0.1) is 11.3 Å². The molecule has 3 nitrogen and oxygen atoms in total. The van der Waals surface area contributed by atoms with Gasteiger partial charge in [-0.05, 0) is 48.8 Å². The Morgan fingerprint density at radius 3 is 2.21 bits per heavy atom. The molecule has 1 aromatic carbocycles. The zero-order chi connectivity index (χ0) is 19.8. The van der Waals surface area contributed by atoms with E-state index in [1.54, 1.807) is 0 Å². The van der Waals surface area contributed by atoms with Crippen molar-refractivity contribution in [3.05, 3.63) is 29.3 Å². The Morgan fingerprint density at radius 2 is 1.61 bits per heavy atom. The Morgan fingerprint density at radius 1 is 0.964 bits per heavy atom. The number of hydrogen-bond donors (Lipinski definition) is 0. The van der Waals surface area contributed by atoms with Crippen molar-refractivity contribution in [1.82, 2.24) is 4.90 Å². The molecule has 1 aliphatic heterocycles. The molecule has 0 atom stereocenters. The van der Waals surface area contributed by atoms with Crippen LogP contribution in [-0.4, -0.2) is 37.6 Å². The van der Waals surface area contributed by atoms with Crippen molar-refractivity contribution in [3.8, 4) is 6.07 Å². The lowest BCUT2D eigenvalue weighted by atomic mass is 9.96. The molecule has 2 aliphatic rings. The molecule has 1 aliphatic carbocycles. The Labute approximate surface area is 172 Å². The summed E-state index contributed by atoms with van der Waals surface area (Å²) < 4.78 is 0. The maximum absolute atomic E-state index is 9.58. The largest absolute Gasteiger partial charge is 0.368 e. The van der Waals surface area contributed by atoms with Gasteiger partial charge in [-0.2, -0.15) is 5.26 Å². The summed E-state index contributed by atoms with van der Waals surface area (Å²) in [6, 6.07) is 8.84. The highest BCUT2D eigenvalue weighted by Crippen LogP contribution is 2.26. The molecule has 154 valence electrons. The summed E-state index contributed by atoms with van der Waals surface area (Å²) in [7, 11) is 0. The minimum Gasteiger partial charge on any atom is -0.368 e. The van der Waals surface area contributed by atoms with Crippen LogP contribution in [0.3, 0.4) is 0 Å². The van der Waals surface area contributed by atoms with Crippen molar-refractivity contribution >= 4 is 5.69 Å². The lowest BCUT2D eigenvalue weighted by molar-refractivity contribution is 0.204. The fourth-order valence-corrected chi connectivity index (χ4v) is 4.97. The van der Waals surface area contributed by atoms with E-state index in [1.165, 1.54) is 63.5 Å². The highest BCUT2D eigenvalue weighted by Gasteiger charge is 2.22. The molecule has 0 aromatic heterocycles. The second-order valence-corrected chi connectivity index (χ2v) is 9.41. The minimum absolute atomic E-state index is 0.644. The van der Waals surface area contributed by atoms with Crippen LogP contribution >= 0.6 is 0 Å². The zero-order valence-corrected chi connectivity index (χ0v) is 18.1. The van der Waals surface area contributed by atoms with Crippen molar-refractivity contribution in [2.45, 2.75) is 71.6 Å². The first-order valence-electron chi connectivity index (χ1n) is 11.7. The van der Waals surface area contributed by atoms with E-state index < -0.39 is 0 Å². The van der Waals surface area contributed by atoms with Gasteiger partial charge in [0.15, 0.2) is 0 Å². The van der Waals surface area contributed by atoms with Crippen molar-refractivity contribution in [2.24, 2.45) is 11.8 Å². The van der Waals surface area contributed by atoms with E-state index >= 15 is 0 Å². The second-order valence-electron chi connectivity index (χ2n) is 9.41. The Bertz CT molecular complexity index is 628. The standard InChI is InChI=1S/C25H39N3/c1-21(2)17-23-11-12-24(19-26)25(18-23)28-15-13-27(14-16-28)20-22-9-7-5-3-4-6-8-10-22/h11-12,18,21-22H,3-10,13-17,20H2,1-2H3. The molecular formula is C25H39N3. The number of anilines is 1. The minimum atomic E-state index is 0.644. The summed E-state index contributed by atoms with van der Waals surface area (Å²) >= 11 is 0. The quantitative estimate of drug-likeness (QED) is 0.662. The first-order chi connectivity index (χ1) is 13.7. The summed E-state index contributed by atoms with van der Waals surface area (Å²) in [4.78, 5) is 5.13. The Hall–Kier alpha value is -1.53. The molecular weight excluding hydrogens is 342 g/mol. The van der Waals surface area contributed by atoms with Crippen LogP contribution in [0.15, 0.2) is 18.2 Å². The lowest BCUT2D eigenvalue weighted by Crippen LogP contribution is -2.48. The van der Waals surface area contributed by atoms with E-state index in [9.17, 15) is 5.26 Å². The number of nitriles is 1. The topological polar surface area (TPSA) is 30.3 Å². The molecule has 3 heteroatoms. The van der Waals surface area contributed by atoms with Crippen molar-refractivity contribution in [1.29, 1.82) is 5.26 Å². The van der Waals surface area contributed by atoms with Crippen molar-refractivity contribution in [3.63, 3.8) is 0 Å². The van der Waals surface area contributed by atoms with Crippen LogP contribution in [0.1, 0.15) is 76.3 Å². The molecule has 0 amide bonds. The van der Waals surface area contributed by atoms with E-state index in [2.05, 4.69) is 41.8 Å². The van der Waals surface area contributed by atoms with E-state index in [-0.39, 0.29) is 0 Å². The molecule has 0 radical (unpaired) electrons. The predicted molar refractivity (Wildman–Crippen MR) is 119 cm³/mol. The summed E-state index contributed by atoms with van der Waals surface area (Å²) in [5, 5.41) is 9.58. The van der Waals surface area contributed by atoms with Crippen LogP contribution < -0.4 is 4.90 Å². The van der Waals surface area contributed by atoms with Crippen LogP contribution in [0.4, 0.5) is 5.69 Å². The van der Waals surface area contributed by atoms with Gasteiger partial charge in [0, 0.05) is 32.7 Å². The van der Waals surface area contributed by atoms with Gasteiger partial charge in [0.25, 0.3) is 0 Å². The molecule has 0 unspecified atom stereocenters. The fraction of sp³-hybridized carbons (Fsp3) is 0.720. The fourth-order valence-electron chi connectivity index (χ4n) is 4.97. The van der Waals surface area contributed by atoms with Gasteiger partial charge in [-0.1, -0.05) is 58.4 Å². The van der Waals surface area contributed by atoms with E-state index in [0.717, 1.165) is 49.8 Å². The third-order valence-electron chi connectivity index (χ3n) is 6.53. The van der Waals surface area contributed by atoms with Crippen LogP contribution in [-0.2, 0) is 6.42 Å². The van der Waals surface area contributed by atoms with Gasteiger partial charge in [0.1, 0.15) is 6.07 Å². The molecule has 1 aromatic rings. The summed E-state index contributed by atoms with van der Waals surface area (Å²) in [6.07, 6.45) is 12.6. The molecule has 0 N–H and O–H groups in total. The monoisotopic (exact) mass is 381 g/mol. The third kappa shape index (κ3) is 6.24. The van der Waals surface area contributed by atoms with E-state index in [1.807, 2.05) is 6.07 Å². The van der Waals surface area contributed by atoms with E-state index in [0.29, 0.717) is 5.92 Å². The van der Waals surface area contributed by atoms with Gasteiger partial charge in [0.2, 0.25) is 0 Å². The van der Waals surface area contributed by atoms with Gasteiger partial charge >= 0.3 is 0 Å². The van der Waals surface area contributed by atoms with Crippen LogP contribution in [0, 0.1) is 23.2 Å². The van der Waals surface area contributed by atoms with Crippen LogP contribution in [0.25, 0.3) is 0 Å². The summed E-state index contributed by atoms with van der Waals surface area (Å²) in [6.45, 7) is 10.2. The number of rotatable bonds is 5. The molecule has 0 bridgehead atoms. The van der Waals surface area contributed by atoms with Gasteiger partial charge in [-0.25, -0.2) is 0 Å². The zero-order valence-electron chi connectivity index (χ0n) is 18.1. The van der Waals surface area contributed by atoms with Gasteiger partial charge in [-0.15, -0.1) is 0 Å². The first kappa shape index (κ1) is 21.2. The lowest BCUT2D eigenvalue weighted by Gasteiger charge is -2.38. The smallest absolute Gasteiger partial charge is 0.101 e. The van der Waals surface area contributed by atoms with Gasteiger partial charge in [-0.3, -0.25) is 4.90 Å². The maximum Gasteiger partial charge on any atom is 0.101 e. The normalized spacial score (nSPS) is 20.4. The maximum atomic E-state index is 9.58. The van der Waals surface area contributed by atoms with E-state index in [4.69, 9.17) is 0 Å². The second kappa shape index (κ2) is 10.9. The summed E-state index contributed by atoms with van der Waals surface area (Å²) in [5.41, 5.74) is 3.34. The highest BCUT2D eigenvalue weighted by atomic mass is 15.3. The number of benzene rings is 1. The highest BCUT2D eigenvalue weighted by molar-refractivity contribution is 5.61. The first-order valence-corrected chi connectivity index (χ1v) is 11.7. The molecule has 1 heterocycles. The number of nitrogens with zero attached hydrogens (tertiary/aromatic N) is 3. The molecule has 0 spiro atoms. The molecule has 2 fully saturated rings. The molecule has 3 rings (SSSR count). The predicted octanol–water partition coefficient (Wildman–Crippen LogP) is 5.63. The average molecular weight is 382 g/mol. The molecule has 1 saturated carbocycles. The summed E-state index contributed by atoms with van der Waals surface area (Å²) in [5.74, 6) is 1.54. The average Bonchev–Trinajstić information content (AvgIpc) is 2.82. The van der Waals surface area contributed by atoms with Crippen LogP contribution in [0.5, 0.6) is 0 Å². The number of piperazine rings is 1. The van der Waals surface area contributed by atoms with Crippen LogP contribution in [0.2, 0.25) is 0 Å². The number of hydrogen-bond acceptors (Lipinski definition) is 3. The third-order valence-corrected chi connectivity index (χ3v) is 6.53. The SMILES string of the molecule is CC(C)Cc1ccc(C#N)c(N2CCN(CC3CCCCCCCC3)CC2)c1. The van der Waals surface area contributed by atoms with Gasteiger partial charge < -0.3 is 4.90 Å². The Kier molecular flexibility index (Phi) is 8.22. The van der Waals surface area contributed by atoms with Crippen molar-refractivity contribution in [2.75, 3.05) is 37.6 Å². The van der Waals surface area contributed by atoms with Crippen molar-refractivity contribution < 1.29 is 0 Å². The molecule has 28 heavy (non-hydrogen) atoms.